The van der Waals surface area contributed by atoms with Gasteiger partial charge in [0.25, 0.3) is 5.91 Å². The van der Waals surface area contributed by atoms with Gasteiger partial charge in [-0.3, -0.25) is 4.79 Å². The summed E-state index contributed by atoms with van der Waals surface area (Å²) >= 11 is 0. The monoisotopic (exact) mass is 421 g/mol. The number of esters is 1. The van der Waals surface area contributed by atoms with E-state index in [1.165, 1.54) is 19.6 Å². The normalized spacial score (nSPS) is 14.2. The predicted molar refractivity (Wildman–Crippen MR) is 116 cm³/mol. The Bertz CT molecular complexity index is 1160. The number of benzene rings is 2. The Morgan fingerprint density at radius 2 is 1.74 bits per heavy atom. The summed E-state index contributed by atoms with van der Waals surface area (Å²) in [5.41, 5.74) is 0.373. The molecular weight excluding hydrogens is 398 g/mol. The fourth-order valence-electron chi connectivity index (χ4n) is 3.68. The third-order valence-electron chi connectivity index (χ3n) is 5.39. The zero-order valence-electron chi connectivity index (χ0n) is 17.2. The second-order valence-corrected chi connectivity index (χ2v) is 7.55. The van der Waals surface area contributed by atoms with E-state index >= 15 is 0 Å². The summed E-state index contributed by atoms with van der Waals surface area (Å²) in [5.74, 6) is -0.381. The zero-order valence-corrected chi connectivity index (χ0v) is 17.2. The molecule has 0 unspecified atom stereocenters. The van der Waals surface area contributed by atoms with Crippen LogP contribution in [0.15, 0.2) is 57.7 Å². The molecular formula is C24H23NO6. The van der Waals surface area contributed by atoms with Crippen LogP contribution < -0.4 is 15.7 Å². The summed E-state index contributed by atoms with van der Waals surface area (Å²) in [5, 5.41) is 3.23. The maximum absolute atomic E-state index is 12.6. The van der Waals surface area contributed by atoms with Crippen LogP contribution in [0.1, 0.15) is 52.8 Å². The number of carbonyl (C=O) groups is 2. The zero-order chi connectivity index (χ0) is 21.8. The van der Waals surface area contributed by atoms with E-state index in [1.54, 1.807) is 42.5 Å². The van der Waals surface area contributed by atoms with Crippen molar-refractivity contribution in [2.75, 3.05) is 12.4 Å². The Balaban J connectivity index is 1.46. The number of carbonyl (C=O) groups excluding carboxylic acids is 2. The lowest BCUT2D eigenvalue weighted by Crippen LogP contribution is -2.21. The number of nitrogens with one attached hydrogen (secondary N) is 1. The number of amides is 1. The van der Waals surface area contributed by atoms with E-state index in [4.69, 9.17) is 13.9 Å². The van der Waals surface area contributed by atoms with E-state index in [-0.39, 0.29) is 17.6 Å². The minimum atomic E-state index is -0.733. The lowest BCUT2D eigenvalue weighted by molar-refractivity contribution is 0.0211. The van der Waals surface area contributed by atoms with Crippen LogP contribution in [0, 0.1) is 0 Å². The number of anilines is 1. The van der Waals surface area contributed by atoms with E-state index in [1.807, 2.05) is 0 Å². The average Bonchev–Trinajstić information content (AvgIpc) is 2.79. The number of methoxy groups -OCH3 is 1. The van der Waals surface area contributed by atoms with E-state index in [0.717, 1.165) is 25.7 Å². The molecule has 7 nitrogen and oxygen atoms in total. The first-order valence-corrected chi connectivity index (χ1v) is 10.3. The van der Waals surface area contributed by atoms with Crippen LogP contribution in [0.5, 0.6) is 5.75 Å². The van der Waals surface area contributed by atoms with Crippen LogP contribution in [0.25, 0.3) is 11.0 Å². The highest BCUT2D eigenvalue weighted by Crippen LogP contribution is 2.23. The lowest BCUT2D eigenvalue weighted by atomic mass is 9.98. The van der Waals surface area contributed by atoms with Crippen molar-refractivity contribution in [3.05, 3.63) is 70.1 Å². The summed E-state index contributed by atoms with van der Waals surface area (Å²) in [6, 6.07) is 12.8. The highest BCUT2D eigenvalue weighted by atomic mass is 16.5. The van der Waals surface area contributed by atoms with E-state index in [0.29, 0.717) is 28.0 Å². The third kappa shape index (κ3) is 4.77. The molecule has 1 amide bonds. The summed E-state index contributed by atoms with van der Waals surface area (Å²) in [7, 11) is 1.53. The van der Waals surface area contributed by atoms with Gasteiger partial charge in [0.05, 0.1) is 12.7 Å². The van der Waals surface area contributed by atoms with Crippen molar-refractivity contribution in [3.63, 3.8) is 0 Å². The number of fused-ring (bicyclic) bond motifs is 1. The van der Waals surface area contributed by atoms with Gasteiger partial charge in [0.15, 0.2) is 0 Å². The Morgan fingerprint density at radius 1 is 1.00 bits per heavy atom. The molecule has 7 heteroatoms. The molecule has 160 valence electrons. The van der Waals surface area contributed by atoms with Crippen molar-refractivity contribution >= 4 is 28.5 Å². The molecule has 4 rings (SSSR count). The van der Waals surface area contributed by atoms with Crippen LogP contribution in [-0.2, 0) is 4.74 Å². The van der Waals surface area contributed by atoms with Gasteiger partial charge in [-0.15, -0.1) is 0 Å². The van der Waals surface area contributed by atoms with Gasteiger partial charge in [-0.05, 0) is 74.2 Å². The third-order valence-corrected chi connectivity index (χ3v) is 5.39. The number of ether oxygens (including phenoxy) is 2. The molecule has 1 aliphatic carbocycles. The molecule has 1 heterocycles. The molecule has 1 saturated carbocycles. The summed E-state index contributed by atoms with van der Waals surface area (Å²) < 4.78 is 16.0. The fourth-order valence-corrected chi connectivity index (χ4v) is 3.68. The molecule has 0 spiro atoms. The van der Waals surface area contributed by atoms with Gasteiger partial charge in [0.2, 0.25) is 0 Å². The molecule has 0 saturated heterocycles. The quantitative estimate of drug-likeness (QED) is 0.480. The first-order valence-electron chi connectivity index (χ1n) is 10.3. The van der Waals surface area contributed by atoms with E-state index in [2.05, 4.69) is 5.32 Å². The van der Waals surface area contributed by atoms with Crippen LogP contribution >= 0.6 is 0 Å². The Labute approximate surface area is 179 Å². The fraction of sp³-hybridized carbons (Fsp3) is 0.292. The maximum atomic E-state index is 12.6. The number of rotatable bonds is 5. The Morgan fingerprint density at radius 3 is 2.45 bits per heavy atom. The molecule has 31 heavy (non-hydrogen) atoms. The van der Waals surface area contributed by atoms with Crippen molar-refractivity contribution in [1.29, 1.82) is 0 Å². The van der Waals surface area contributed by atoms with Gasteiger partial charge in [-0.1, -0.05) is 6.42 Å². The predicted octanol–water partition coefficient (Wildman–Crippen LogP) is 4.54. The van der Waals surface area contributed by atoms with Crippen molar-refractivity contribution in [2.24, 2.45) is 0 Å². The summed E-state index contributed by atoms with van der Waals surface area (Å²) in [6.07, 6.45) is 5.13. The summed E-state index contributed by atoms with van der Waals surface area (Å²) in [6.45, 7) is 0. The SMILES string of the molecule is COc1ccc2oc(=O)c(C(=O)Nc3ccc(C(=O)OC4CCCCC4)cc3)cc2c1. The molecule has 0 bridgehead atoms. The Hall–Kier alpha value is -3.61. The molecule has 0 radical (unpaired) electrons. The molecule has 1 N–H and O–H groups in total. The minimum absolute atomic E-state index is 0.0219. The standard InChI is InChI=1S/C24H23NO6/c1-29-19-11-12-21-16(13-19)14-20(24(28)31-21)22(26)25-17-9-7-15(8-10-17)23(27)30-18-5-3-2-4-6-18/h7-14,18H,2-6H2,1H3,(H,25,26). The molecule has 1 aliphatic rings. The second kappa shape index (κ2) is 9.04. The van der Waals surface area contributed by atoms with Gasteiger partial charge in [0, 0.05) is 11.1 Å². The van der Waals surface area contributed by atoms with Gasteiger partial charge in [-0.25, -0.2) is 9.59 Å². The molecule has 2 aromatic carbocycles. The van der Waals surface area contributed by atoms with Crippen molar-refractivity contribution < 1.29 is 23.5 Å². The lowest BCUT2D eigenvalue weighted by Gasteiger charge is -2.21. The van der Waals surface area contributed by atoms with Gasteiger partial charge >= 0.3 is 11.6 Å². The minimum Gasteiger partial charge on any atom is -0.497 e. The first kappa shape index (κ1) is 20.7. The van der Waals surface area contributed by atoms with Crippen molar-refractivity contribution in [3.8, 4) is 5.75 Å². The topological polar surface area (TPSA) is 94.8 Å². The van der Waals surface area contributed by atoms with E-state index in [9.17, 15) is 14.4 Å². The van der Waals surface area contributed by atoms with Gasteiger partial charge in [-0.2, -0.15) is 0 Å². The molecule has 3 aromatic rings. The number of hydrogen-bond donors (Lipinski definition) is 1. The van der Waals surface area contributed by atoms with Crippen LogP contribution in [0.2, 0.25) is 0 Å². The summed E-state index contributed by atoms with van der Waals surface area (Å²) in [4.78, 5) is 37.2. The van der Waals surface area contributed by atoms with Crippen LogP contribution in [-0.4, -0.2) is 25.1 Å². The largest absolute Gasteiger partial charge is 0.497 e. The molecule has 1 fully saturated rings. The molecule has 1 aromatic heterocycles. The van der Waals surface area contributed by atoms with Crippen LogP contribution in [0.3, 0.4) is 0 Å². The number of hydrogen-bond acceptors (Lipinski definition) is 6. The second-order valence-electron chi connectivity index (χ2n) is 7.55. The smallest absolute Gasteiger partial charge is 0.349 e. The van der Waals surface area contributed by atoms with Crippen molar-refractivity contribution in [1.82, 2.24) is 0 Å². The van der Waals surface area contributed by atoms with Crippen molar-refractivity contribution in [2.45, 2.75) is 38.2 Å². The maximum Gasteiger partial charge on any atom is 0.349 e. The highest BCUT2D eigenvalue weighted by molar-refractivity contribution is 6.05. The molecule has 0 aliphatic heterocycles. The van der Waals surface area contributed by atoms with Gasteiger partial charge in [0.1, 0.15) is 23.0 Å². The first-order chi connectivity index (χ1) is 15.0. The van der Waals surface area contributed by atoms with Crippen LogP contribution in [0.4, 0.5) is 5.69 Å². The molecule has 0 atom stereocenters. The average molecular weight is 421 g/mol. The van der Waals surface area contributed by atoms with E-state index < -0.39 is 11.5 Å². The van der Waals surface area contributed by atoms with Gasteiger partial charge < -0.3 is 19.2 Å². The highest BCUT2D eigenvalue weighted by Gasteiger charge is 2.19. The Kier molecular flexibility index (Phi) is 6.02.